The molecule has 0 radical (unpaired) electrons. The monoisotopic (exact) mass is 502 g/mol. The number of carbonyl (C=O) groups is 2. The second-order valence-electron chi connectivity index (χ2n) is 8.34. The van der Waals surface area contributed by atoms with Crippen LogP contribution in [0.3, 0.4) is 0 Å². The molecule has 2 fully saturated rings. The third kappa shape index (κ3) is 5.07. The summed E-state index contributed by atoms with van der Waals surface area (Å²) in [7, 11) is 0. The van der Waals surface area contributed by atoms with Gasteiger partial charge in [0.05, 0.1) is 18.2 Å². The van der Waals surface area contributed by atoms with E-state index in [-0.39, 0.29) is 42.7 Å². The quantitative estimate of drug-likeness (QED) is 0.629. The van der Waals surface area contributed by atoms with Crippen LogP contribution in [0.1, 0.15) is 12.0 Å². The minimum Gasteiger partial charge on any atom is -0.443 e. The number of benzene rings is 2. The zero-order valence-electron chi connectivity index (χ0n) is 18.1. The van der Waals surface area contributed by atoms with Gasteiger partial charge in [-0.2, -0.15) is 0 Å². The van der Waals surface area contributed by atoms with E-state index in [2.05, 4.69) is 10.1 Å². The molecule has 3 unspecified atom stereocenters. The Morgan fingerprint density at radius 1 is 1.20 bits per heavy atom. The Bertz CT molecular complexity index is 1110. The molecule has 1 N–H and O–H groups in total. The van der Waals surface area contributed by atoms with E-state index >= 15 is 4.39 Å². The van der Waals surface area contributed by atoms with Crippen LogP contribution in [0.15, 0.2) is 36.4 Å². The van der Waals surface area contributed by atoms with Gasteiger partial charge in [0.1, 0.15) is 17.5 Å². The molecule has 1 spiro atoms. The first-order chi connectivity index (χ1) is 16.6. The summed E-state index contributed by atoms with van der Waals surface area (Å²) in [6, 6.07) is 5.60. The van der Waals surface area contributed by atoms with Crippen molar-refractivity contribution >= 4 is 12.0 Å². The van der Waals surface area contributed by atoms with Crippen LogP contribution in [0.25, 0.3) is 11.1 Å². The second-order valence-corrected chi connectivity index (χ2v) is 8.34. The average molecular weight is 502 g/mol. The summed E-state index contributed by atoms with van der Waals surface area (Å²) in [5.74, 6) is -3.74. The normalized spacial score (nSPS) is 24.2. The Kier molecular flexibility index (Phi) is 6.93. The number of hydrogen-bond donors (Lipinski definition) is 1. The Balaban J connectivity index is 1.68. The number of nitrogens with zero attached hydrogens (tertiary/aromatic N) is 1. The van der Waals surface area contributed by atoms with Crippen LogP contribution in [0.4, 0.5) is 31.1 Å². The van der Waals surface area contributed by atoms with Crippen molar-refractivity contribution in [3.8, 4) is 11.1 Å². The second kappa shape index (κ2) is 9.76. The van der Waals surface area contributed by atoms with Crippen LogP contribution < -0.4 is 5.32 Å². The van der Waals surface area contributed by atoms with Crippen LogP contribution in [0.2, 0.25) is 0 Å². The molecule has 12 heteroatoms. The molecule has 0 bridgehead atoms. The molecular formula is C23H20F6N2O4. The number of likely N-dealkylation sites (tertiary alicyclic amines) is 1. The standard InChI is InChI=1S/C23H20F6N2O4/c24-14-6-13(7-15(25)9-14)16-3-1-2-12(19(16)28)8-17-23(11-35-20(29)21(32)30-23)4-5-31(17)22(33)34-10-18(26)27/h1-3,6-7,9,17-18,20H,4-5,8,10-11H2,(H,30,32). The summed E-state index contributed by atoms with van der Waals surface area (Å²) < 4.78 is 91.2. The van der Waals surface area contributed by atoms with Crippen molar-refractivity contribution < 1.29 is 45.4 Å². The summed E-state index contributed by atoms with van der Waals surface area (Å²) in [4.78, 5) is 25.6. The van der Waals surface area contributed by atoms with Crippen LogP contribution in [0, 0.1) is 17.5 Å². The largest absolute Gasteiger partial charge is 0.443 e. The van der Waals surface area contributed by atoms with Crippen LogP contribution >= 0.6 is 0 Å². The summed E-state index contributed by atoms with van der Waals surface area (Å²) in [6.45, 7) is -1.59. The topological polar surface area (TPSA) is 67.9 Å². The van der Waals surface area contributed by atoms with E-state index < -0.39 is 60.4 Å². The van der Waals surface area contributed by atoms with Crippen molar-refractivity contribution in [2.75, 3.05) is 19.8 Å². The molecule has 2 saturated heterocycles. The molecule has 2 amide bonds. The van der Waals surface area contributed by atoms with Gasteiger partial charge in [0, 0.05) is 18.2 Å². The molecule has 0 aromatic heterocycles. The maximum absolute atomic E-state index is 15.5. The highest BCUT2D eigenvalue weighted by atomic mass is 19.3. The maximum Gasteiger partial charge on any atom is 0.410 e. The smallest absolute Gasteiger partial charge is 0.410 e. The number of nitrogens with one attached hydrogen (secondary N) is 1. The SMILES string of the molecule is O=C1NC2(CCN(C(=O)OCC(F)F)C2Cc2cccc(-c3cc(F)cc(F)c3)c2F)COC1F. The highest BCUT2D eigenvalue weighted by Gasteiger charge is 2.54. The van der Waals surface area contributed by atoms with Crippen LogP contribution in [0.5, 0.6) is 0 Å². The molecule has 4 rings (SSSR count). The van der Waals surface area contributed by atoms with E-state index in [1.807, 2.05) is 0 Å². The van der Waals surface area contributed by atoms with Crippen molar-refractivity contribution in [2.24, 2.45) is 0 Å². The third-order valence-corrected chi connectivity index (χ3v) is 6.11. The van der Waals surface area contributed by atoms with Crippen molar-refractivity contribution in [3.05, 3.63) is 59.4 Å². The first-order valence-corrected chi connectivity index (χ1v) is 10.6. The van der Waals surface area contributed by atoms with E-state index in [9.17, 15) is 31.5 Å². The van der Waals surface area contributed by atoms with Gasteiger partial charge in [0.2, 0.25) is 0 Å². The number of carbonyl (C=O) groups excluding carboxylic acids is 2. The molecule has 2 heterocycles. The highest BCUT2D eigenvalue weighted by Crippen LogP contribution is 2.36. The van der Waals surface area contributed by atoms with Crippen molar-refractivity contribution in [3.63, 3.8) is 0 Å². The van der Waals surface area contributed by atoms with Gasteiger partial charge < -0.3 is 19.7 Å². The number of hydrogen-bond acceptors (Lipinski definition) is 4. The zero-order valence-corrected chi connectivity index (χ0v) is 18.1. The lowest BCUT2D eigenvalue weighted by Gasteiger charge is -2.41. The van der Waals surface area contributed by atoms with Gasteiger partial charge in [-0.25, -0.2) is 31.1 Å². The number of rotatable bonds is 5. The Hall–Kier alpha value is -3.28. The molecule has 2 aromatic carbocycles. The fourth-order valence-corrected chi connectivity index (χ4v) is 4.51. The Labute approximate surface area is 195 Å². The summed E-state index contributed by atoms with van der Waals surface area (Å²) in [6.07, 6.45) is -6.46. The van der Waals surface area contributed by atoms with E-state index in [4.69, 9.17) is 4.74 Å². The molecule has 0 aliphatic carbocycles. The average Bonchev–Trinajstić information content (AvgIpc) is 3.13. The molecule has 2 aromatic rings. The van der Waals surface area contributed by atoms with E-state index in [0.717, 1.165) is 17.0 Å². The highest BCUT2D eigenvalue weighted by molar-refractivity contribution is 5.81. The molecule has 3 atom stereocenters. The molecule has 0 saturated carbocycles. The van der Waals surface area contributed by atoms with Gasteiger partial charge >= 0.3 is 6.09 Å². The lowest BCUT2D eigenvalue weighted by atomic mass is 9.85. The lowest BCUT2D eigenvalue weighted by Crippen LogP contribution is -2.65. The first kappa shape index (κ1) is 24.8. The predicted octanol–water partition coefficient (Wildman–Crippen LogP) is 3.97. The van der Waals surface area contributed by atoms with Gasteiger partial charge in [-0.1, -0.05) is 18.2 Å². The van der Waals surface area contributed by atoms with E-state index in [1.165, 1.54) is 18.2 Å². The predicted molar refractivity (Wildman–Crippen MR) is 110 cm³/mol. The van der Waals surface area contributed by atoms with Crippen LogP contribution in [-0.4, -0.2) is 61.0 Å². The maximum atomic E-state index is 15.5. The first-order valence-electron chi connectivity index (χ1n) is 10.6. The van der Waals surface area contributed by atoms with Gasteiger partial charge in [0.25, 0.3) is 18.7 Å². The summed E-state index contributed by atoms with van der Waals surface area (Å²) in [5, 5.41) is 2.48. The van der Waals surface area contributed by atoms with Crippen molar-refractivity contribution in [1.82, 2.24) is 10.2 Å². The van der Waals surface area contributed by atoms with Crippen LogP contribution in [-0.2, 0) is 20.7 Å². The molecule has 188 valence electrons. The molecular weight excluding hydrogens is 482 g/mol. The van der Waals surface area contributed by atoms with Gasteiger partial charge in [0.15, 0.2) is 6.61 Å². The fraction of sp³-hybridized carbons (Fsp3) is 0.391. The van der Waals surface area contributed by atoms with Gasteiger partial charge in [-0.3, -0.25) is 4.79 Å². The van der Waals surface area contributed by atoms with Crippen molar-refractivity contribution in [1.29, 1.82) is 0 Å². The van der Waals surface area contributed by atoms with Gasteiger partial charge in [-0.05, 0) is 36.1 Å². The van der Waals surface area contributed by atoms with Gasteiger partial charge in [-0.15, -0.1) is 0 Å². The number of morpholine rings is 1. The number of amides is 2. The molecule has 35 heavy (non-hydrogen) atoms. The Morgan fingerprint density at radius 3 is 2.57 bits per heavy atom. The number of halogens is 6. The molecule has 2 aliphatic rings. The third-order valence-electron chi connectivity index (χ3n) is 6.11. The number of ether oxygens (including phenoxy) is 2. The van der Waals surface area contributed by atoms with E-state index in [0.29, 0.717) is 6.07 Å². The summed E-state index contributed by atoms with van der Waals surface area (Å²) >= 11 is 0. The number of alkyl halides is 3. The molecule has 6 nitrogen and oxygen atoms in total. The summed E-state index contributed by atoms with van der Waals surface area (Å²) in [5.41, 5.74) is -1.52. The van der Waals surface area contributed by atoms with Crippen molar-refractivity contribution in [2.45, 2.75) is 37.2 Å². The lowest BCUT2D eigenvalue weighted by molar-refractivity contribution is -0.163. The molecule has 2 aliphatic heterocycles. The Morgan fingerprint density at radius 2 is 1.91 bits per heavy atom. The minimum atomic E-state index is -2.92. The van der Waals surface area contributed by atoms with E-state index in [1.54, 1.807) is 0 Å². The zero-order chi connectivity index (χ0) is 25.3. The fourth-order valence-electron chi connectivity index (χ4n) is 4.51. The minimum absolute atomic E-state index is 0.00160.